The van der Waals surface area contributed by atoms with Gasteiger partial charge in [0.1, 0.15) is 5.01 Å². The van der Waals surface area contributed by atoms with E-state index in [1.807, 2.05) is 25.1 Å². The Balaban J connectivity index is 1.51. The minimum atomic E-state index is -0.0393. The Morgan fingerprint density at radius 2 is 1.97 bits per heavy atom. The number of hydrogen-bond acceptors (Lipinski definition) is 6. The Labute approximate surface area is 183 Å². The molecular formula is C23H33N3O3S. The average Bonchev–Trinajstić information content (AvgIpc) is 3.23. The molecule has 1 N–H and O–H groups in total. The molecule has 3 rings (SSSR count). The zero-order chi connectivity index (χ0) is 21.2. The maximum Gasteiger partial charge on any atom is 0.226 e. The number of unbranched alkanes of at least 4 members (excludes halogenated alkanes) is 1. The van der Waals surface area contributed by atoms with Crippen LogP contribution in [-0.2, 0) is 11.2 Å². The van der Waals surface area contributed by atoms with Crippen LogP contribution in [0.3, 0.4) is 0 Å². The normalized spacial score (nSPS) is 14.5. The van der Waals surface area contributed by atoms with Gasteiger partial charge in [-0.1, -0.05) is 50.0 Å². The SMILES string of the molecule is CCCCOc1ccc(CCC(=O)Nc2nnc(C3CCCCC3)s2)cc1OCC. The highest BCUT2D eigenvalue weighted by Crippen LogP contribution is 2.35. The summed E-state index contributed by atoms with van der Waals surface area (Å²) < 4.78 is 11.6. The van der Waals surface area contributed by atoms with Crippen molar-refractivity contribution in [3.8, 4) is 11.5 Å². The third kappa shape index (κ3) is 6.69. The molecule has 1 aliphatic rings. The van der Waals surface area contributed by atoms with Crippen molar-refractivity contribution in [3.05, 3.63) is 28.8 Å². The first-order valence-electron chi connectivity index (χ1n) is 11.2. The fourth-order valence-corrected chi connectivity index (χ4v) is 4.59. The van der Waals surface area contributed by atoms with Crippen LogP contribution in [0.2, 0.25) is 0 Å². The van der Waals surface area contributed by atoms with Crippen molar-refractivity contribution in [1.29, 1.82) is 0 Å². The fraction of sp³-hybridized carbons (Fsp3) is 0.609. The molecule has 164 valence electrons. The number of nitrogens with zero attached hydrogens (tertiary/aromatic N) is 2. The predicted molar refractivity (Wildman–Crippen MR) is 121 cm³/mol. The van der Waals surface area contributed by atoms with E-state index in [2.05, 4.69) is 22.4 Å². The first-order valence-corrected chi connectivity index (χ1v) is 12.0. The van der Waals surface area contributed by atoms with Gasteiger partial charge < -0.3 is 14.8 Å². The highest BCUT2D eigenvalue weighted by atomic mass is 32.1. The Hall–Kier alpha value is -2.15. The van der Waals surface area contributed by atoms with Gasteiger partial charge in [0.2, 0.25) is 11.0 Å². The minimum Gasteiger partial charge on any atom is -0.490 e. The van der Waals surface area contributed by atoms with Crippen molar-refractivity contribution in [2.75, 3.05) is 18.5 Å². The molecule has 0 atom stereocenters. The van der Waals surface area contributed by atoms with Crippen LogP contribution in [0.1, 0.15) is 81.7 Å². The van der Waals surface area contributed by atoms with Crippen molar-refractivity contribution in [3.63, 3.8) is 0 Å². The van der Waals surface area contributed by atoms with E-state index in [0.29, 0.717) is 37.1 Å². The Morgan fingerprint density at radius 1 is 1.13 bits per heavy atom. The molecular weight excluding hydrogens is 398 g/mol. The number of amides is 1. The van der Waals surface area contributed by atoms with Gasteiger partial charge in [0.05, 0.1) is 13.2 Å². The fourth-order valence-electron chi connectivity index (χ4n) is 3.66. The lowest BCUT2D eigenvalue weighted by atomic mass is 9.90. The van der Waals surface area contributed by atoms with Crippen molar-refractivity contribution in [2.24, 2.45) is 0 Å². The molecule has 2 aromatic rings. The molecule has 7 heteroatoms. The molecule has 1 amide bonds. The van der Waals surface area contributed by atoms with Crippen molar-refractivity contribution < 1.29 is 14.3 Å². The number of carbonyl (C=O) groups excluding carboxylic acids is 1. The number of hydrogen-bond donors (Lipinski definition) is 1. The summed E-state index contributed by atoms with van der Waals surface area (Å²) in [6, 6.07) is 5.92. The molecule has 1 aromatic carbocycles. The highest BCUT2D eigenvalue weighted by molar-refractivity contribution is 7.15. The molecule has 1 heterocycles. The molecule has 1 fully saturated rings. The number of ether oxygens (including phenoxy) is 2. The van der Waals surface area contributed by atoms with Crippen LogP contribution in [0.4, 0.5) is 5.13 Å². The lowest BCUT2D eigenvalue weighted by Gasteiger charge is -2.18. The lowest BCUT2D eigenvalue weighted by molar-refractivity contribution is -0.116. The van der Waals surface area contributed by atoms with E-state index < -0.39 is 0 Å². The second kappa shape index (κ2) is 11.9. The summed E-state index contributed by atoms with van der Waals surface area (Å²) in [5.74, 6) is 1.98. The Kier molecular flexibility index (Phi) is 8.93. The van der Waals surface area contributed by atoms with Gasteiger partial charge in [-0.3, -0.25) is 4.79 Å². The number of aryl methyl sites for hydroxylation is 1. The highest BCUT2D eigenvalue weighted by Gasteiger charge is 2.20. The van der Waals surface area contributed by atoms with Crippen LogP contribution < -0.4 is 14.8 Å². The Bertz CT molecular complexity index is 803. The Morgan fingerprint density at radius 3 is 2.73 bits per heavy atom. The van der Waals surface area contributed by atoms with Gasteiger partial charge in [0.15, 0.2) is 11.5 Å². The van der Waals surface area contributed by atoms with E-state index in [1.54, 1.807) is 0 Å². The van der Waals surface area contributed by atoms with E-state index >= 15 is 0 Å². The first-order chi connectivity index (χ1) is 14.7. The molecule has 0 unspecified atom stereocenters. The topological polar surface area (TPSA) is 73.3 Å². The van der Waals surface area contributed by atoms with Crippen LogP contribution in [0, 0.1) is 0 Å². The maximum absolute atomic E-state index is 12.4. The van der Waals surface area contributed by atoms with Gasteiger partial charge >= 0.3 is 0 Å². The van der Waals surface area contributed by atoms with Crippen LogP contribution in [0.5, 0.6) is 11.5 Å². The van der Waals surface area contributed by atoms with E-state index in [4.69, 9.17) is 9.47 Å². The predicted octanol–water partition coefficient (Wildman–Crippen LogP) is 5.73. The molecule has 0 radical (unpaired) electrons. The average molecular weight is 432 g/mol. The van der Waals surface area contributed by atoms with E-state index in [0.717, 1.165) is 34.9 Å². The number of aromatic nitrogens is 2. The lowest BCUT2D eigenvalue weighted by Crippen LogP contribution is -2.12. The molecule has 0 aliphatic heterocycles. The van der Waals surface area contributed by atoms with Crippen LogP contribution in [0.15, 0.2) is 18.2 Å². The summed E-state index contributed by atoms with van der Waals surface area (Å²) in [4.78, 5) is 12.4. The number of carbonyl (C=O) groups is 1. The summed E-state index contributed by atoms with van der Waals surface area (Å²) in [6.45, 7) is 5.36. The zero-order valence-electron chi connectivity index (χ0n) is 18.1. The second-order valence-corrected chi connectivity index (χ2v) is 8.75. The smallest absolute Gasteiger partial charge is 0.226 e. The zero-order valence-corrected chi connectivity index (χ0v) is 18.9. The molecule has 0 spiro atoms. The van der Waals surface area contributed by atoms with Gasteiger partial charge in [-0.2, -0.15) is 0 Å². The van der Waals surface area contributed by atoms with Crippen LogP contribution in [0.25, 0.3) is 0 Å². The first kappa shape index (κ1) is 22.5. The molecule has 6 nitrogen and oxygen atoms in total. The van der Waals surface area contributed by atoms with Crippen molar-refractivity contribution in [2.45, 2.75) is 77.6 Å². The molecule has 1 saturated carbocycles. The molecule has 1 aromatic heterocycles. The number of benzene rings is 1. The van der Waals surface area contributed by atoms with E-state index in [-0.39, 0.29) is 5.91 Å². The molecule has 0 bridgehead atoms. The number of anilines is 1. The minimum absolute atomic E-state index is 0.0393. The summed E-state index contributed by atoms with van der Waals surface area (Å²) in [7, 11) is 0. The molecule has 30 heavy (non-hydrogen) atoms. The van der Waals surface area contributed by atoms with Crippen molar-refractivity contribution >= 4 is 22.4 Å². The van der Waals surface area contributed by atoms with Gasteiger partial charge in [-0.25, -0.2) is 0 Å². The summed E-state index contributed by atoms with van der Waals surface area (Å²) >= 11 is 1.52. The maximum atomic E-state index is 12.4. The van der Waals surface area contributed by atoms with Crippen LogP contribution in [-0.4, -0.2) is 29.3 Å². The summed E-state index contributed by atoms with van der Waals surface area (Å²) in [6.07, 6.45) is 9.34. The molecule has 1 aliphatic carbocycles. The number of nitrogens with one attached hydrogen (secondary N) is 1. The largest absolute Gasteiger partial charge is 0.490 e. The van der Waals surface area contributed by atoms with Gasteiger partial charge in [-0.05, 0) is 50.3 Å². The van der Waals surface area contributed by atoms with E-state index in [9.17, 15) is 4.79 Å². The van der Waals surface area contributed by atoms with Crippen molar-refractivity contribution in [1.82, 2.24) is 10.2 Å². The standard InChI is InChI=1S/C23H33N3O3S/c1-3-5-15-29-19-13-11-17(16-20(19)28-4-2)12-14-21(27)24-23-26-25-22(30-23)18-9-7-6-8-10-18/h11,13,16,18H,3-10,12,14-15H2,1-2H3,(H,24,26,27). The monoisotopic (exact) mass is 431 g/mol. The van der Waals surface area contributed by atoms with Gasteiger partial charge in [-0.15, -0.1) is 10.2 Å². The third-order valence-corrected chi connectivity index (χ3v) is 6.35. The molecule has 0 saturated heterocycles. The third-order valence-electron chi connectivity index (χ3n) is 5.35. The van der Waals surface area contributed by atoms with Gasteiger partial charge in [0.25, 0.3) is 0 Å². The number of rotatable bonds is 11. The van der Waals surface area contributed by atoms with Crippen LogP contribution >= 0.6 is 11.3 Å². The van der Waals surface area contributed by atoms with E-state index in [1.165, 1.54) is 43.4 Å². The second-order valence-electron chi connectivity index (χ2n) is 7.74. The summed E-state index contributed by atoms with van der Waals surface area (Å²) in [5.41, 5.74) is 1.05. The van der Waals surface area contributed by atoms with Gasteiger partial charge in [0, 0.05) is 12.3 Å². The quantitative estimate of drug-likeness (QED) is 0.460. The summed E-state index contributed by atoms with van der Waals surface area (Å²) in [5, 5.41) is 13.1.